The summed E-state index contributed by atoms with van der Waals surface area (Å²) in [4.78, 5) is 12.1. The fourth-order valence-electron chi connectivity index (χ4n) is 1.84. The van der Waals surface area contributed by atoms with E-state index in [9.17, 15) is 4.79 Å². The average molecular weight is 242 g/mol. The molecule has 2 aromatic rings. The lowest BCUT2D eigenvalue weighted by Gasteiger charge is -2.23. The fourth-order valence-corrected chi connectivity index (χ4v) is 1.84. The largest absolute Gasteiger partial charge is 0.472 e. The number of furan rings is 1. The van der Waals surface area contributed by atoms with Crippen molar-refractivity contribution in [2.45, 2.75) is 32.6 Å². The Balaban J connectivity index is 2.26. The van der Waals surface area contributed by atoms with Gasteiger partial charge in [-0.3, -0.25) is 4.79 Å². The Kier molecular flexibility index (Phi) is 3.37. The van der Waals surface area contributed by atoms with Crippen LogP contribution in [0, 0.1) is 0 Å². The zero-order chi connectivity index (χ0) is 13.2. The van der Waals surface area contributed by atoms with Crippen molar-refractivity contribution >= 4 is 5.78 Å². The van der Waals surface area contributed by atoms with Crippen molar-refractivity contribution in [3.8, 4) is 0 Å². The number of carbonyl (C=O) groups is 1. The highest BCUT2D eigenvalue weighted by Gasteiger charge is 2.18. The van der Waals surface area contributed by atoms with Crippen LogP contribution < -0.4 is 0 Å². The second-order valence-corrected chi connectivity index (χ2v) is 5.16. The van der Waals surface area contributed by atoms with Crippen molar-refractivity contribution in [1.29, 1.82) is 0 Å². The van der Waals surface area contributed by atoms with Crippen LogP contribution in [0.2, 0.25) is 0 Å². The van der Waals surface area contributed by atoms with E-state index < -0.39 is 0 Å². The average Bonchev–Trinajstić information content (AvgIpc) is 2.92. The van der Waals surface area contributed by atoms with Gasteiger partial charge in [0, 0.05) is 5.56 Å². The summed E-state index contributed by atoms with van der Waals surface area (Å²) in [6, 6.07) is 9.55. The van der Waals surface area contributed by atoms with E-state index in [0.29, 0.717) is 11.1 Å². The Labute approximate surface area is 108 Å². The molecule has 0 aliphatic rings. The quantitative estimate of drug-likeness (QED) is 0.752. The zero-order valence-corrected chi connectivity index (χ0v) is 11.1. The minimum Gasteiger partial charge on any atom is -0.472 e. The number of hydrogen-bond donors (Lipinski definition) is 0. The first-order valence-electron chi connectivity index (χ1n) is 6.22. The third kappa shape index (κ3) is 2.37. The Morgan fingerprint density at radius 2 is 1.78 bits per heavy atom. The summed E-state index contributed by atoms with van der Waals surface area (Å²) in [5.41, 5.74) is 2.70. The summed E-state index contributed by atoms with van der Waals surface area (Å²) in [6.07, 6.45) is 4.07. The van der Waals surface area contributed by atoms with E-state index in [2.05, 4.69) is 20.8 Å². The molecule has 0 fully saturated rings. The Morgan fingerprint density at radius 1 is 1.11 bits per heavy atom. The Hall–Kier alpha value is -1.83. The summed E-state index contributed by atoms with van der Waals surface area (Å²) < 4.78 is 4.93. The molecule has 2 rings (SSSR count). The molecule has 1 heterocycles. The van der Waals surface area contributed by atoms with Gasteiger partial charge in [0.15, 0.2) is 5.78 Å². The molecule has 94 valence electrons. The first-order chi connectivity index (χ1) is 8.54. The number of carbonyl (C=O) groups excluding carboxylic acids is 1. The lowest BCUT2D eigenvalue weighted by Crippen LogP contribution is -2.15. The number of hydrogen-bond acceptors (Lipinski definition) is 2. The molecule has 0 aliphatic carbocycles. The first kappa shape index (κ1) is 12.6. The number of benzene rings is 1. The third-order valence-corrected chi connectivity index (χ3v) is 3.60. The van der Waals surface area contributed by atoms with E-state index in [-0.39, 0.29) is 11.2 Å². The van der Waals surface area contributed by atoms with Gasteiger partial charge < -0.3 is 4.42 Å². The van der Waals surface area contributed by atoms with E-state index in [1.807, 2.05) is 24.3 Å². The van der Waals surface area contributed by atoms with Crippen molar-refractivity contribution in [3.63, 3.8) is 0 Å². The summed E-state index contributed by atoms with van der Waals surface area (Å²) in [7, 11) is 0. The molecule has 1 aromatic heterocycles. The lowest BCUT2D eigenvalue weighted by molar-refractivity contribution is 0.103. The maximum atomic E-state index is 12.1. The van der Waals surface area contributed by atoms with Gasteiger partial charge in [-0.2, -0.15) is 0 Å². The molecular formula is C16H18O2. The van der Waals surface area contributed by atoms with E-state index in [4.69, 9.17) is 4.42 Å². The topological polar surface area (TPSA) is 30.2 Å². The Morgan fingerprint density at radius 3 is 2.28 bits per heavy atom. The van der Waals surface area contributed by atoms with Crippen LogP contribution in [-0.4, -0.2) is 5.78 Å². The molecule has 0 aliphatic heterocycles. The molecule has 1 aromatic carbocycles. The summed E-state index contributed by atoms with van der Waals surface area (Å²) in [6.45, 7) is 6.59. The standard InChI is InChI=1S/C16H18O2/c1-4-16(2,3)14-7-5-12(6-8-14)15(17)13-9-10-18-11-13/h5-11H,4H2,1-3H3. The molecule has 0 spiro atoms. The van der Waals surface area contributed by atoms with Crippen molar-refractivity contribution < 1.29 is 9.21 Å². The van der Waals surface area contributed by atoms with Gasteiger partial charge >= 0.3 is 0 Å². The molecule has 0 atom stereocenters. The molecule has 2 heteroatoms. The van der Waals surface area contributed by atoms with Gasteiger partial charge in [0.05, 0.1) is 11.8 Å². The van der Waals surface area contributed by atoms with E-state index in [1.165, 1.54) is 18.1 Å². The summed E-state index contributed by atoms with van der Waals surface area (Å²) >= 11 is 0. The van der Waals surface area contributed by atoms with Crippen molar-refractivity contribution in [3.05, 3.63) is 59.5 Å². The number of rotatable bonds is 4. The van der Waals surface area contributed by atoms with Crippen LogP contribution in [0.15, 0.2) is 47.3 Å². The smallest absolute Gasteiger partial charge is 0.196 e. The molecule has 0 amide bonds. The highest BCUT2D eigenvalue weighted by Crippen LogP contribution is 2.27. The molecule has 0 radical (unpaired) electrons. The lowest BCUT2D eigenvalue weighted by atomic mass is 9.82. The van der Waals surface area contributed by atoms with Crippen LogP contribution in [0.25, 0.3) is 0 Å². The highest BCUT2D eigenvalue weighted by molar-refractivity contribution is 6.08. The van der Waals surface area contributed by atoms with Crippen molar-refractivity contribution in [2.24, 2.45) is 0 Å². The summed E-state index contributed by atoms with van der Waals surface area (Å²) in [5.74, 6) is 0.00426. The minimum atomic E-state index is 0.00426. The molecule has 0 saturated heterocycles. The third-order valence-electron chi connectivity index (χ3n) is 3.60. The predicted octanol–water partition coefficient (Wildman–Crippen LogP) is 4.20. The molecule has 0 N–H and O–H groups in total. The van der Waals surface area contributed by atoms with Crippen LogP contribution in [0.1, 0.15) is 48.7 Å². The second-order valence-electron chi connectivity index (χ2n) is 5.16. The van der Waals surface area contributed by atoms with E-state index in [0.717, 1.165) is 6.42 Å². The maximum Gasteiger partial charge on any atom is 0.196 e. The minimum absolute atomic E-state index is 0.00426. The zero-order valence-electron chi connectivity index (χ0n) is 11.1. The predicted molar refractivity (Wildman–Crippen MR) is 71.9 cm³/mol. The molecule has 0 bridgehead atoms. The van der Waals surface area contributed by atoms with Gasteiger partial charge in [-0.15, -0.1) is 0 Å². The van der Waals surface area contributed by atoms with Crippen molar-refractivity contribution in [2.75, 3.05) is 0 Å². The van der Waals surface area contributed by atoms with Gasteiger partial charge in [-0.05, 0) is 23.5 Å². The van der Waals surface area contributed by atoms with Gasteiger partial charge in [0.25, 0.3) is 0 Å². The van der Waals surface area contributed by atoms with Gasteiger partial charge in [0.2, 0.25) is 0 Å². The van der Waals surface area contributed by atoms with E-state index >= 15 is 0 Å². The van der Waals surface area contributed by atoms with Crippen molar-refractivity contribution in [1.82, 2.24) is 0 Å². The Bertz CT molecular complexity index is 519. The van der Waals surface area contributed by atoms with Gasteiger partial charge in [0.1, 0.15) is 6.26 Å². The van der Waals surface area contributed by atoms with Gasteiger partial charge in [-0.1, -0.05) is 45.0 Å². The summed E-state index contributed by atoms with van der Waals surface area (Å²) in [5, 5.41) is 0. The molecule has 2 nitrogen and oxygen atoms in total. The molecule has 18 heavy (non-hydrogen) atoms. The molecular weight excluding hydrogens is 224 g/mol. The molecule has 0 saturated carbocycles. The maximum absolute atomic E-state index is 12.1. The first-order valence-corrected chi connectivity index (χ1v) is 6.22. The highest BCUT2D eigenvalue weighted by atomic mass is 16.3. The number of ketones is 1. The normalized spacial score (nSPS) is 11.5. The van der Waals surface area contributed by atoms with Crippen LogP contribution in [0.5, 0.6) is 0 Å². The van der Waals surface area contributed by atoms with Crippen LogP contribution in [-0.2, 0) is 5.41 Å². The fraction of sp³-hybridized carbons (Fsp3) is 0.312. The molecule has 0 unspecified atom stereocenters. The second kappa shape index (κ2) is 4.81. The van der Waals surface area contributed by atoms with Crippen LogP contribution >= 0.6 is 0 Å². The van der Waals surface area contributed by atoms with E-state index in [1.54, 1.807) is 6.07 Å². The monoisotopic (exact) mass is 242 g/mol. The van der Waals surface area contributed by atoms with Crippen LogP contribution in [0.4, 0.5) is 0 Å². The van der Waals surface area contributed by atoms with Crippen LogP contribution in [0.3, 0.4) is 0 Å². The SMILES string of the molecule is CCC(C)(C)c1ccc(C(=O)c2ccoc2)cc1. The van der Waals surface area contributed by atoms with Gasteiger partial charge in [-0.25, -0.2) is 0 Å².